The monoisotopic (exact) mass is 243 g/mol. The Balaban J connectivity index is 1.70. The van der Waals surface area contributed by atoms with E-state index in [4.69, 9.17) is 0 Å². The van der Waals surface area contributed by atoms with Gasteiger partial charge in [-0.3, -0.25) is 0 Å². The van der Waals surface area contributed by atoms with Gasteiger partial charge in [0.25, 0.3) is 0 Å². The number of likely N-dealkylation sites (tertiary alicyclic amines) is 1. The maximum Gasteiger partial charge on any atom is 0.0102 e. The first-order chi connectivity index (χ1) is 8.83. The van der Waals surface area contributed by atoms with Crippen LogP contribution in [0.4, 0.5) is 0 Å². The van der Waals surface area contributed by atoms with Crippen molar-refractivity contribution in [3.63, 3.8) is 0 Å². The number of nitrogens with zero attached hydrogens (tertiary/aromatic N) is 1. The van der Waals surface area contributed by atoms with Gasteiger partial charge >= 0.3 is 0 Å². The SMILES string of the molecule is Cc1ccc2c(c1)CCC(N1CCCCC1)CC2. The van der Waals surface area contributed by atoms with E-state index in [9.17, 15) is 0 Å². The number of rotatable bonds is 1. The molecule has 0 N–H and O–H groups in total. The fraction of sp³-hybridized carbons (Fsp3) is 0.647. The third-order valence-corrected chi connectivity index (χ3v) is 4.76. The number of hydrogen-bond acceptors (Lipinski definition) is 1. The Bertz CT molecular complexity index is 404. The van der Waals surface area contributed by atoms with Crippen LogP contribution in [0.5, 0.6) is 0 Å². The minimum atomic E-state index is 0.845. The molecule has 1 atom stereocenters. The van der Waals surface area contributed by atoms with Crippen LogP contribution in [0.2, 0.25) is 0 Å². The average Bonchev–Trinajstić information content (AvgIpc) is 2.62. The molecule has 18 heavy (non-hydrogen) atoms. The lowest BCUT2D eigenvalue weighted by Gasteiger charge is -2.34. The van der Waals surface area contributed by atoms with E-state index < -0.39 is 0 Å². The third-order valence-electron chi connectivity index (χ3n) is 4.76. The zero-order valence-corrected chi connectivity index (χ0v) is 11.6. The second-order valence-corrected chi connectivity index (χ2v) is 6.10. The van der Waals surface area contributed by atoms with Gasteiger partial charge in [-0.1, -0.05) is 30.2 Å². The Labute approximate surface area is 111 Å². The summed E-state index contributed by atoms with van der Waals surface area (Å²) in [5.74, 6) is 0. The third kappa shape index (κ3) is 2.61. The van der Waals surface area contributed by atoms with Gasteiger partial charge in [0, 0.05) is 6.04 Å². The molecule has 1 aromatic rings. The van der Waals surface area contributed by atoms with Crippen LogP contribution in [0.3, 0.4) is 0 Å². The Morgan fingerprint density at radius 2 is 1.67 bits per heavy atom. The Morgan fingerprint density at radius 1 is 0.944 bits per heavy atom. The molecule has 0 aromatic heterocycles. The molecule has 1 saturated heterocycles. The molecule has 0 bridgehead atoms. The van der Waals surface area contributed by atoms with E-state index in [0.717, 1.165) is 6.04 Å². The fourth-order valence-electron chi connectivity index (χ4n) is 3.67. The van der Waals surface area contributed by atoms with Gasteiger partial charge in [0.15, 0.2) is 0 Å². The first-order valence-corrected chi connectivity index (χ1v) is 7.65. The fourth-order valence-corrected chi connectivity index (χ4v) is 3.67. The molecule has 0 radical (unpaired) electrons. The van der Waals surface area contributed by atoms with Crippen LogP contribution in [0.1, 0.15) is 48.8 Å². The molecule has 3 rings (SSSR count). The van der Waals surface area contributed by atoms with E-state index in [1.807, 2.05) is 0 Å². The van der Waals surface area contributed by atoms with Crippen molar-refractivity contribution in [1.29, 1.82) is 0 Å². The number of hydrogen-bond donors (Lipinski definition) is 0. The minimum Gasteiger partial charge on any atom is -0.300 e. The van der Waals surface area contributed by atoms with E-state index in [1.54, 1.807) is 11.1 Å². The average molecular weight is 243 g/mol. The van der Waals surface area contributed by atoms with Crippen LogP contribution in [0.15, 0.2) is 18.2 Å². The largest absolute Gasteiger partial charge is 0.300 e. The molecule has 0 saturated carbocycles. The maximum absolute atomic E-state index is 2.77. The molecule has 1 heterocycles. The van der Waals surface area contributed by atoms with E-state index in [0.29, 0.717) is 0 Å². The molecule has 1 nitrogen and oxygen atoms in total. The second kappa shape index (κ2) is 5.44. The Morgan fingerprint density at radius 3 is 2.44 bits per heavy atom. The van der Waals surface area contributed by atoms with Crippen molar-refractivity contribution in [2.75, 3.05) is 13.1 Å². The first-order valence-electron chi connectivity index (χ1n) is 7.65. The van der Waals surface area contributed by atoms with Crippen molar-refractivity contribution < 1.29 is 0 Å². The maximum atomic E-state index is 2.77. The van der Waals surface area contributed by atoms with Crippen molar-refractivity contribution in [1.82, 2.24) is 4.90 Å². The molecule has 2 aliphatic rings. The van der Waals surface area contributed by atoms with Gasteiger partial charge < -0.3 is 4.90 Å². The molecule has 1 aromatic carbocycles. The number of fused-ring (bicyclic) bond motifs is 1. The molecule has 1 unspecified atom stereocenters. The van der Waals surface area contributed by atoms with Gasteiger partial charge in [0.05, 0.1) is 0 Å². The molecular formula is C17H25N. The van der Waals surface area contributed by atoms with Crippen molar-refractivity contribution in [3.05, 3.63) is 34.9 Å². The van der Waals surface area contributed by atoms with Gasteiger partial charge in [-0.2, -0.15) is 0 Å². The Kier molecular flexibility index (Phi) is 3.69. The predicted molar refractivity (Wildman–Crippen MR) is 77.0 cm³/mol. The van der Waals surface area contributed by atoms with Crippen molar-refractivity contribution in [2.24, 2.45) is 0 Å². The van der Waals surface area contributed by atoms with E-state index in [1.165, 1.54) is 63.6 Å². The molecule has 1 aliphatic carbocycles. The molecule has 0 amide bonds. The first kappa shape index (κ1) is 12.2. The number of piperidine rings is 1. The second-order valence-electron chi connectivity index (χ2n) is 6.10. The molecular weight excluding hydrogens is 218 g/mol. The quantitative estimate of drug-likeness (QED) is 0.679. The summed E-state index contributed by atoms with van der Waals surface area (Å²) in [5.41, 5.74) is 4.65. The van der Waals surface area contributed by atoms with Crippen LogP contribution in [0.25, 0.3) is 0 Å². The van der Waals surface area contributed by atoms with Crippen LogP contribution in [-0.4, -0.2) is 24.0 Å². The van der Waals surface area contributed by atoms with Crippen LogP contribution >= 0.6 is 0 Å². The van der Waals surface area contributed by atoms with Crippen LogP contribution in [0, 0.1) is 6.92 Å². The smallest absolute Gasteiger partial charge is 0.0102 e. The summed E-state index contributed by atoms with van der Waals surface area (Å²) < 4.78 is 0. The number of aryl methyl sites for hydroxylation is 3. The zero-order chi connectivity index (χ0) is 12.4. The highest BCUT2D eigenvalue weighted by atomic mass is 15.2. The van der Waals surface area contributed by atoms with Gasteiger partial charge in [0.1, 0.15) is 0 Å². The van der Waals surface area contributed by atoms with Gasteiger partial charge in [-0.05, 0) is 69.7 Å². The van der Waals surface area contributed by atoms with Gasteiger partial charge in [0.2, 0.25) is 0 Å². The standard InChI is InChI=1S/C17H25N/c1-14-5-6-15-7-9-17(10-8-16(15)13-14)18-11-3-2-4-12-18/h5-6,13,17H,2-4,7-12H2,1H3. The minimum absolute atomic E-state index is 0.845. The van der Waals surface area contributed by atoms with Crippen molar-refractivity contribution >= 4 is 0 Å². The molecule has 98 valence electrons. The molecule has 1 fully saturated rings. The van der Waals surface area contributed by atoms with Crippen molar-refractivity contribution in [3.8, 4) is 0 Å². The van der Waals surface area contributed by atoms with Gasteiger partial charge in [-0.25, -0.2) is 0 Å². The summed E-state index contributed by atoms with van der Waals surface area (Å²) in [6, 6.07) is 7.90. The highest BCUT2D eigenvalue weighted by molar-refractivity contribution is 5.32. The zero-order valence-electron chi connectivity index (χ0n) is 11.6. The summed E-state index contributed by atoms with van der Waals surface area (Å²) in [5, 5.41) is 0. The summed E-state index contributed by atoms with van der Waals surface area (Å²) >= 11 is 0. The van der Waals surface area contributed by atoms with E-state index in [-0.39, 0.29) is 0 Å². The van der Waals surface area contributed by atoms with Crippen LogP contribution in [-0.2, 0) is 12.8 Å². The van der Waals surface area contributed by atoms with Crippen molar-refractivity contribution in [2.45, 2.75) is 57.9 Å². The normalized spacial score (nSPS) is 25.5. The molecule has 1 aliphatic heterocycles. The van der Waals surface area contributed by atoms with Gasteiger partial charge in [-0.15, -0.1) is 0 Å². The number of benzene rings is 1. The topological polar surface area (TPSA) is 3.24 Å². The summed E-state index contributed by atoms with van der Waals surface area (Å²) in [4.78, 5) is 2.77. The van der Waals surface area contributed by atoms with E-state index >= 15 is 0 Å². The summed E-state index contributed by atoms with van der Waals surface area (Å²) in [6.07, 6.45) is 9.61. The lowest BCUT2D eigenvalue weighted by molar-refractivity contribution is 0.150. The van der Waals surface area contributed by atoms with Crippen LogP contribution < -0.4 is 0 Å². The predicted octanol–water partition coefficient (Wildman–Crippen LogP) is 3.73. The molecule has 1 heteroatoms. The summed E-state index contributed by atoms with van der Waals surface area (Å²) in [7, 11) is 0. The van der Waals surface area contributed by atoms with E-state index in [2.05, 4.69) is 30.0 Å². The molecule has 0 spiro atoms. The lowest BCUT2D eigenvalue weighted by Crippen LogP contribution is -2.39. The lowest BCUT2D eigenvalue weighted by atomic mass is 10.0. The summed E-state index contributed by atoms with van der Waals surface area (Å²) in [6.45, 7) is 4.91. The highest BCUT2D eigenvalue weighted by Gasteiger charge is 2.23. The Hall–Kier alpha value is -0.820. The highest BCUT2D eigenvalue weighted by Crippen LogP contribution is 2.26.